The van der Waals surface area contributed by atoms with Crippen molar-refractivity contribution >= 4 is 54.8 Å². The third kappa shape index (κ3) is 3.59. The highest BCUT2D eigenvalue weighted by Gasteiger charge is 2.18. The maximum atomic E-state index is 6.34. The van der Waals surface area contributed by atoms with Crippen molar-refractivity contribution in [1.29, 1.82) is 0 Å². The van der Waals surface area contributed by atoms with Crippen LogP contribution in [0.1, 0.15) is 34.2 Å². The third-order valence-corrected chi connectivity index (χ3v) is 6.55. The molecule has 0 fully saturated rings. The van der Waals surface area contributed by atoms with Gasteiger partial charge in [0.1, 0.15) is 5.75 Å². The van der Waals surface area contributed by atoms with E-state index < -0.39 is 0 Å². The average Bonchev–Trinajstić information content (AvgIpc) is 2.77. The van der Waals surface area contributed by atoms with E-state index in [9.17, 15) is 0 Å². The van der Waals surface area contributed by atoms with Gasteiger partial charge in [-0.2, -0.15) is 0 Å². The Morgan fingerprint density at radius 3 is 2.70 bits per heavy atom. The summed E-state index contributed by atoms with van der Waals surface area (Å²) in [6.45, 7) is 4.85. The van der Waals surface area contributed by atoms with E-state index >= 15 is 0 Å². The molecule has 5 heteroatoms. The summed E-state index contributed by atoms with van der Waals surface area (Å²) in [6.07, 6.45) is 0.999. The van der Waals surface area contributed by atoms with Gasteiger partial charge in [-0.3, -0.25) is 0 Å². The van der Waals surface area contributed by atoms with Gasteiger partial charge in [0.2, 0.25) is 0 Å². The molecule has 0 saturated carbocycles. The molecule has 1 nitrogen and oxygen atoms in total. The van der Waals surface area contributed by atoms with Crippen molar-refractivity contribution in [3.63, 3.8) is 0 Å². The van der Waals surface area contributed by atoms with Crippen molar-refractivity contribution < 1.29 is 4.74 Å². The number of alkyl halides is 1. The van der Waals surface area contributed by atoms with E-state index in [1.54, 1.807) is 11.3 Å². The molecule has 2 rings (SSSR count). The molecule has 0 N–H and O–H groups in total. The molecule has 20 heavy (non-hydrogen) atoms. The lowest BCUT2D eigenvalue weighted by Crippen LogP contribution is -1.97. The molecule has 0 aliphatic heterocycles. The molecule has 0 amide bonds. The molecule has 0 aliphatic rings. The zero-order valence-corrected chi connectivity index (χ0v) is 16.0. The zero-order chi connectivity index (χ0) is 14.7. The lowest BCUT2D eigenvalue weighted by molar-refractivity contribution is 0.315. The molecule has 0 saturated heterocycles. The number of rotatable bonds is 5. The van der Waals surface area contributed by atoms with Crippen LogP contribution in [-0.2, 0) is 0 Å². The van der Waals surface area contributed by atoms with Gasteiger partial charge in [-0.05, 0) is 57.9 Å². The van der Waals surface area contributed by atoms with Crippen molar-refractivity contribution in [3.05, 3.63) is 49.1 Å². The largest absolute Gasteiger partial charge is 0.492 e. The fourth-order valence-electron chi connectivity index (χ4n) is 1.78. The first-order valence-electron chi connectivity index (χ1n) is 6.34. The highest BCUT2D eigenvalue weighted by molar-refractivity contribution is 9.10. The van der Waals surface area contributed by atoms with Crippen molar-refractivity contribution in [2.75, 3.05) is 6.61 Å². The van der Waals surface area contributed by atoms with E-state index in [2.05, 4.69) is 56.3 Å². The molecule has 1 aromatic carbocycles. The van der Waals surface area contributed by atoms with Crippen molar-refractivity contribution in [2.45, 2.75) is 25.1 Å². The number of hydrogen-bond acceptors (Lipinski definition) is 2. The molecule has 0 aliphatic carbocycles. The first kappa shape index (κ1) is 16.3. The monoisotopic (exact) mass is 436 g/mol. The number of ether oxygens (including phenoxy) is 1. The molecule has 1 atom stereocenters. The van der Waals surface area contributed by atoms with Crippen molar-refractivity contribution in [2.24, 2.45) is 0 Å². The van der Waals surface area contributed by atoms with Gasteiger partial charge < -0.3 is 4.74 Å². The highest BCUT2D eigenvalue weighted by Crippen LogP contribution is 2.42. The molecule has 2 aromatic rings. The van der Waals surface area contributed by atoms with Crippen LogP contribution in [0.5, 0.6) is 5.75 Å². The van der Waals surface area contributed by atoms with E-state index in [-0.39, 0.29) is 4.83 Å². The zero-order valence-electron chi connectivity index (χ0n) is 11.3. The summed E-state index contributed by atoms with van der Waals surface area (Å²) in [5.41, 5.74) is 2.28. The quantitative estimate of drug-likeness (QED) is 0.470. The summed E-state index contributed by atoms with van der Waals surface area (Å²) in [4.78, 5) is 1.24. The minimum Gasteiger partial charge on any atom is -0.492 e. The highest BCUT2D eigenvalue weighted by atomic mass is 79.9. The van der Waals surface area contributed by atoms with Crippen LogP contribution < -0.4 is 4.74 Å². The van der Waals surface area contributed by atoms with Crippen LogP contribution in [0, 0.1) is 6.92 Å². The Morgan fingerprint density at radius 2 is 2.15 bits per heavy atom. The standard InChI is InChI=1S/C15H15Br2ClOS/c1-3-6-19-12-5-4-10(7-11(12)16)13(17)15-14(18)9(2)8-20-15/h4-5,7-8,13H,3,6H2,1-2H3. The molecule has 108 valence electrons. The Labute approximate surface area is 145 Å². The van der Waals surface area contributed by atoms with Crippen LogP contribution in [0.2, 0.25) is 5.02 Å². The fraction of sp³-hybridized carbons (Fsp3) is 0.333. The van der Waals surface area contributed by atoms with E-state index in [0.717, 1.165) is 44.3 Å². The molecule has 1 heterocycles. The Morgan fingerprint density at radius 1 is 1.40 bits per heavy atom. The molecule has 0 spiro atoms. The summed E-state index contributed by atoms with van der Waals surface area (Å²) < 4.78 is 6.64. The second-order valence-electron chi connectivity index (χ2n) is 4.50. The lowest BCUT2D eigenvalue weighted by atomic mass is 10.1. The topological polar surface area (TPSA) is 9.23 Å². The first-order valence-corrected chi connectivity index (χ1v) is 9.31. The summed E-state index contributed by atoms with van der Waals surface area (Å²) >= 11 is 15.3. The van der Waals surface area contributed by atoms with Gasteiger partial charge >= 0.3 is 0 Å². The third-order valence-electron chi connectivity index (χ3n) is 2.87. The number of thiophene rings is 1. The van der Waals surface area contributed by atoms with Gasteiger partial charge in [-0.1, -0.05) is 40.5 Å². The van der Waals surface area contributed by atoms with Gasteiger partial charge in [0, 0.05) is 4.88 Å². The molecule has 0 bridgehead atoms. The van der Waals surface area contributed by atoms with Gasteiger partial charge in [0.15, 0.2) is 0 Å². The van der Waals surface area contributed by atoms with Gasteiger partial charge in [0.25, 0.3) is 0 Å². The summed E-state index contributed by atoms with van der Waals surface area (Å²) in [5, 5.41) is 2.93. The van der Waals surface area contributed by atoms with Gasteiger partial charge in [-0.25, -0.2) is 0 Å². The Hall–Kier alpha value is -0.0300. The molecular formula is C15H15Br2ClOS. The predicted molar refractivity (Wildman–Crippen MR) is 94.8 cm³/mol. The Kier molecular flexibility index (Phi) is 5.96. The van der Waals surface area contributed by atoms with Crippen LogP contribution in [0.25, 0.3) is 0 Å². The van der Waals surface area contributed by atoms with E-state index in [1.165, 1.54) is 0 Å². The second kappa shape index (κ2) is 7.30. The fourth-order valence-corrected chi connectivity index (χ4v) is 4.56. The maximum Gasteiger partial charge on any atom is 0.133 e. The van der Waals surface area contributed by atoms with Crippen LogP contribution in [0.3, 0.4) is 0 Å². The SMILES string of the molecule is CCCOc1ccc(C(Br)c2scc(C)c2Cl)cc1Br. The minimum absolute atomic E-state index is 0.102. The van der Waals surface area contributed by atoms with Crippen LogP contribution in [-0.4, -0.2) is 6.61 Å². The van der Waals surface area contributed by atoms with Crippen LogP contribution in [0.4, 0.5) is 0 Å². The molecular weight excluding hydrogens is 423 g/mol. The number of hydrogen-bond donors (Lipinski definition) is 0. The van der Waals surface area contributed by atoms with Crippen molar-refractivity contribution in [1.82, 2.24) is 0 Å². The number of halogens is 3. The average molecular weight is 439 g/mol. The molecule has 1 unspecified atom stereocenters. The smallest absolute Gasteiger partial charge is 0.133 e. The first-order chi connectivity index (χ1) is 9.54. The number of aryl methyl sites for hydroxylation is 1. The number of benzene rings is 1. The van der Waals surface area contributed by atoms with Gasteiger partial charge in [0.05, 0.1) is 20.9 Å². The van der Waals surface area contributed by atoms with Crippen molar-refractivity contribution in [3.8, 4) is 5.75 Å². The van der Waals surface area contributed by atoms with E-state index in [0.29, 0.717) is 0 Å². The summed E-state index contributed by atoms with van der Waals surface area (Å²) in [7, 11) is 0. The van der Waals surface area contributed by atoms with Crippen LogP contribution in [0.15, 0.2) is 28.1 Å². The van der Waals surface area contributed by atoms with Gasteiger partial charge in [-0.15, -0.1) is 11.3 Å². The Bertz CT molecular complexity index is 598. The molecule has 0 radical (unpaired) electrons. The minimum atomic E-state index is 0.102. The molecule has 1 aromatic heterocycles. The van der Waals surface area contributed by atoms with E-state index in [4.69, 9.17) is 16.3 Å². The second-order valence-corrected chi connectivity index (χ2v) is 7.56. The lowest BCUT2D eigenvalue weighted by Gasteiger charge is -2.13. The normalized spacial score (nSPS) is 12.4. The maximum absolute atomic E-state index is 6.34. The summed E-state index contributed by atoms with van der Waals surface area (Å²) in [6, 6.07) is 6.15. The van der Waals surface area contributed by atoms with E-state index in [1.807, 2.05) is 13.0 Å². The Balaban J connectivity index is 2.25. The van der Waals surface area contributed by atoms with Crippen LogP contribution >= 0.6 is 54.8 Å². The predicted octanol–water partition coefficient (Wildman–Crippen LogP) is 6.75. The summed E-state index contributed by atoms with van der Waals surface area (Å²) in [5.74, 6) is 0.878.